The van der Waals surface area contributed by atoms with Crippen LogP contribution < -0.4 is 10.6 Å². The average Bonchev–Trinajstić information content (AvgIpc) is 3.28. The van der Waals surface area contributed by atoms with Crippen molar-refractivity contribution >= 4 is 35.6 Å². The highest BCUT2D eigenvalue weighted by Crippen LogP contribution is 2.65. The molecule has 0 aliphatic carbocycles. The lowest BCUT2D eigenvalue weighted by Crippen LogP contribution is -2.15. The molecule has 2 unspecified atom stereocenters. The van der Waals surface area contributed by atoms with Gasteiger partial charge in [0, 0.05) is 23.8 Å². The highest BCUT2D eigenvalue weighted by molar-refractivity contribution is 7.59. The number of rotatable bonds is 5. The number of anilines is 2. The SMILES string of the molecule is C[C@H]1CCP(=O)(C(CNc2cnc3ccccc3c2)c2ccc3c(c2)CC(=O)N3)O1. The maximum absolute atomic E-state index is 13.8. The van der Waals surface area contributed by atoms with Gasteiger partial charge < -0.3 is 15.2 Å². The van der Waals surface area contributed by atoms with Gasteiger partial charge in [0.2, 0.25) is 13.3 Å². The molecular formula is C23H24N3O3P. The van der Waals surface area contributed by atoms with Gasteiger partial charge in [0.15, 0.2) is 0 Å². The van der Waals surface area contributed by atoms with Crippen LogP contribution in [0.1, 0.15) is 30.1 Å². The van der Waals surface area contributed by atoms with Crippen LogP contribution in [0.4, 0.5) is 11.4 Å². The molecule has 2 N–H and O–H groups in total. The van der Waals surface area contributed by atoms with Gasteiger partial charge in [-0.2, -0.15) is 0 Å². The van der Waals surface area contributed by atoms with Gasteiger partial charge in [-0.3, -0.25) is 14.3 Å². The third-order valence-corrected chi connectivity index (χ3v) is 8.94. The molecule has 6 nitrogen and oxygen atoms in total. The second kappa shape index (κ2) is 7.53. The molecule has 1 saturated heterocycles. The molecule has 2 aromatic carbocycles. The van der Waals surface area contributed by atoms with E-state index < -0.39 is 7.37 Å². The van der Waals surface area contributed by atoms with Crippen molar-refractivity contribution in [3.8, 4) is 0 Å². The van der Waals surface area contributed by atoms with Crippen LogP contribution in [0, 0.1) is 0 Å². The zero-order chi connectivity index (χ0) is 20.7. The molecule has 0 radical (unpaired) electrons. The first-order chi connectivity index (χ1) is 14.5. The van der Waals surface area contributed by atoms with Crippen molar-refractivity contribution in [3.05, 3.63) is 65.9 Å². The van der Waals surface area contributed by atoms with Gasteiger partial charge in [0.25, 0.3) is 0 Å². The summed E-state index contributed by atoms with van der Waals surface area (Å²) in [5.41, 5.74) is 4.28. The number of hydrogen-bond donors (Lipinski definition) is 2. The molecule has 2 aliphatic rings. The van der Waals surface area contributed by atoms with Gasteiger partial charge in [-0.25, -0.2) is 0 Å². The average molecular weight is 421 g/mol. The maximum Gasteiger partial charge on any atom is 0.228 e. The third-order valence-electron chi connectivity index (χ3n) is 5.91. The zero-order valence-electron chi connectivity index (χ0n) is 16.8. The van der Waals surface area contributed by atoms with Crippen LogP contribution in [0.15, 0.2) is 54.7 Å². The molecule has 3 atom stereocenters. The Morgan fingerprint density at radius 3 is 2.97 bits per heavy atom. The van der Waals surface area contributed by atoms with E-state index in [2.05, 4.69) is 21.7 Å². The van der Waals surface area contributed by atoms with E-state index in [4.69, 9.17) is 4.52 Å². The molecule has 2 aliphatic heterocycles. The number of para-hydroxylation sites is 1. The number of pyridine rings is 1. The molecule has 0 saturated carbocycles. The van der Waals surface area contributed by atoms with Gasteiger partial charge in [-0.05, 0) is 42.7 Å². The number of carbonyl (C=O) groups is 1. The standard InChI is InChI=1S/C23H24N3O3P/c1-15-8-9-30(28,29-15)22(17-6-7-21-18(10-17)12-23(27)26-21)14-24-19-11-16-4-2-3-5-20(16)25-13-19/h2-7,10-11,13,15,22,24H,8-9,12,14H2,1H3,(H,26,27)/t15-,22?,30?/m0/s1. The first kappa shape index (κ1) is 19.3. The van der Waals surface area contributed by atoms with E-state index in [1.807, 2.05) is 49.4 Å². The van der Waals surface area contributed by atoms with E-state index in [1.54, 1.807) is 6.20 Å². The lowest BCUT2D eigenvalue weighted by atomic mass is 10.1. The smallest absolute Gasteiger partial charge is 0.228 e. The molecule has 3 aromatic rings. The van der Waals surface area contributed by atoms with Crippen LogP contribution in [0.3, 0.4) is 0 Å². The summed E-state index contributed by atoms with van der Waals surface area (Å²) >= 11 is 0. The summed E-state index contributed by atoms with van der Waals surface area (Å²) in [5, 5.41) is 7.35. The number of benzene rings is 2. The van der Waals surface area contributed by atoms with Crippen molar-refractivity contribution in [1.82, 2.24) is 4.98 Å². The molecule has 0 spiro atoms. The predicted octanol–water partition coefficient (Wildman–Crippen LogP) is 4.97. The fourth-order valence-electron chi connectivity index (χ4n) is 4.32. The van der Waals surface area contributed by atoms with Crippen LogP contribution in [-0.4, -0.2) is 29.7 Å². The van der Waals surface area contributed by atoms with Crippen molar-refractivity contribution in [2.45, 2.75) is 31.5 Å². The molecule has 1 amide bonds. The molecule has 3 heterocycles. The third kappa shape index (κ3) is 3.62. The van der Waals surface area contributed by atoms with Crippen molar-refractivity contribution in [3.63, 3.8) is 0 Å². The van der Waals surface area contributed by atoms with Crippen LogP contribution >= 0.6 is 7.37 Å². The Bertz CT molecular complexity index is 1180. The Labute approximate surface area is 175 Å². The zero-order valence-corrected chi connectivity index (χ0v) is 17.7. The number of hydrogen-bond acceptors (Lipinski definition) is 5. The Morgan fingerprint density at radius 2 is 2.13 bits per heavy atom. The van der Waals surface area contributed by atoms with Gasteiger partial charge >= 0.3 is 0 Å². The molecule has 0 bridgehead atoms. The van der Waals surface area contributed by atoms with Gasteiger partial charge in [0.05, 0.1) is 35.6 Å². The van der Waals surface area contributed by atoms with Crippen molar-refractivity contribution < 1.29 is 13.9 Å². The first-order valence-electron chi connectivity index (χ1n) is 10.3. The highest BCUT2D eigenvalue weighted by atomic mass is 31.2. The second-order valence-electron chi connectivity index (χ2n) is 8.11. The summed E-state index contributed by atoms with van der Waals surface area (Å²) in [6, 6.07) is 15.9. The first-order valence-corrected chi connectivity index (χ1v) is 12.2. The minimum Gasteiger partial charge on any atom is -0.383 e. The topological polar surface area (TPSA) is 80.3 Å². The highest BCUT2D eigenvalue weighted by Gasteiger charge is 2.41. The number of aromatic nitrogens is 1. The summed E-state index contributed by atoms with van der Waals surface area (Å²) in [6.45, 7) is 2.45. The largest absolute Gasteiger partial charge is 0.383 e. The molecule has 154 valence electrons. The summed E-state index contributed by atoms with van der Waals surface area (Å²) in [7, 11) is -2.87. The number of nitrogens with one attached hydrogen (secondary N) is 2. The summed E-state index contributed by atoms with van der Waals surface area (Å²) in [5.74, 6) is -0.00330. The number of nitrogens with zero attached hydrogens (tertiary/aromatic N) is 1. The van der Waals surface area contributed by atoms with E-state index in [0.29, 0.717) is 19.1 Å². The molecule has 1 fully saturated rings. The fraction of sp³-hybridized carbons (Fsp3) is 0.304. The minimum atomic E-state index is -2.87. The minimum absolute atomic E-state index is 0.00154. The fourth-order valence-corrected chi connectivity index (χ4v) is 7.31. The second-order valence-corrected chi connectivity index (χ2v) is 10.8. The Kier molecular flexibility index (Phi) is 4.84. The predicted molar refractivity (Wildman–Crippen MR) is 119 cm³/mol. The number of fused-ring (bicyclic) bond motifs is 2. The van der Waals surface area contributed by atoms with E-state index in [-0.39, 0.29) is 17.7 Å². The van der Waals surface area contributed by atoms with Crippen LogP contribution in [0.2, 0.25) is 0 Å². The van der Waals surface area contributed by atoms with Crippen LogP contribution in [-0.2, 0) is 20.3 Å². The molecule has 5 rings (SSSR count). The lowest BCUT2D eigenvalue weighted by Gasteiger charge is -2.25. The molecule has 1 aromatic heterocycles. The van der Waals surface area contributed by atoms with E-state index in [1.165, 1.54) is 0 Å². The van der Waals surface area contributed by atoms with Gasteiger partial charge in [0.1, 0.15) is 0 Å². The van der Waals surface area contributed by atoms with Gasteiger partial charge in [-0.15, -0.1) is 0 Å². The monoisotopic (exact) mass is 421 g/mol. The van der Waals surface area contributed by atoms with E-state index >= 15 is 0 Å². The van der Waals surface area contributed by atoms with Crippen LogP contribution in [0.25, 0.3) is 10.9 Å². The Morgan fingerprint density at radius 1 is 1.27 bits per heavy atom. The lowest BCUT2D eigenvalue weighted by molar-refractivity contribution is -0.115. The summed E-state index contributed by atoms with van der Waals surface area (Å²) in [4.78, 5) is 16.3. The quantitative estimate of drug-likeness (QED) is 0.569. The van der Waals surface area contributed by atoms with Crippen LogP contribution in [0.5, 0.6) is 0 Å². The molecular weight excluding hydrogens is 397 g/mol. The normalized spacial score (nSPS) is 23.9. The van der Waals surface area contributed by atoms with E-state index in [0.717, 1.165) is 39.8 Å². The Balaban J connectivity index is 1.45. The summed E-state index contributed by atoms with van der Waals surface area (Å²) in [6.07, 6.45) is 3.54. The summed E-state index contributed by atoms with van der Waals surface area (Å²) < 4.78 is 19.7. The van der Waals surface area contributed by atoms with Crippen molar-refractivity contribution in [1.29, 1.82) is 0 Å². The number of amides is 1. The molecule has 7 heteroatoms. The Hall–Kier alpha value is -2.69. The van der Waals surface area contributed by atoms with Crippen molar-refractivity contribution in [2.75, 3.05) is 23.3 Å². The maximum atomic E-state index is 13.8. The van der Waals surface area contributed by atoms with Crippen molar-refractivity contribution in [2.24, 2.45) is 0 Å². The van der Waals surface area contributed by atoms with Gasteiger partial charge in [-0.1, -0.05) is 30.3 Å². The molecule has 30 heavy (non-hydrogen) atoms. The number of carbonyl (C=O) groups excluding carboxylic acids is 1. The van der Waals surface area contributed by atoms with E-state index in [9.17, 15) is 9.36 Å².